The van der Waals surface area contributed by atoms with Crippen LogP contribution in [0.4, 0.5) is 10.1 Å². The summed E-state index contributed by atoms with van der Waals surface area (Å²) >= 11 is 0. The van der Waals surface area contributed by atoms with Crippen LogP contribution in [0.2, 0.25) is 0 Å². The van der Waals surface area contributed by atoms with Gasteiger partial charge in [0.1, 0.15) is 0 Å². The van der Waals surface area contributed by atoms with E-state index < -0.39 is 22.5 Å². The molecule has 0 aliphatic carbocycles. The van der Waals surface area contributed by atoms with Crippen LogP contribution in [0.25, 0.3) is 0 Å². The number of hydrogen-bond donors (Lipinski definition) is 2. The maximum Gasteiger partial charge on any atom is 0.305 e. The molecule has 0 aliphatic rings. The Bertz CT molecular complexity index is 356. The van der Waals surface area contributed by atoms with E-state index in [-0.39, 0.29) is 6.54 Å². The Labute approximate surface area is 79.7 Å². The number of nitro benzene ring substituents is 1. The van der Waals surface area contributed by atoms with Gasteiger partial charge in [-0.3, -0.25) is 10.1 Å². The predicted octanol–water partition coefficient (Wildman–Crippen LogP) is 0.692. The molecule has 0 amide bonds. The summed E-state index contributed by atoms with van der Waals surface area (Å²) in [5.41, 5.74) is 10.7. The average molecular weight is 199 g/mol. The van der Waals surface area contributed by atoms with Gasteiger partial charge in [0, 0.05) is 18.7 Å². The van der Waals surface area contributed by atoms with E-state index in [2.05, 4.69) is 0 Å². The molecule has 0 aromatic heterocycles. The summed E-state index contributed by atoms with van der Waals surface area (Å²) in [5.74, 6) is -0.872. The van der Waals surface area contributed by atoms with E-state index in [9.17, 15) is 14.5 Å². The zero-order valence-corrected chi connectivity index (χ0v) is 7.31. The van der Waals surface area contributed by atoms with Gasteiger partial charge >= 0.3 is 5.69 Å². The zero-order valence-electron chi connectivity index (χ0n) is 7.31. The number of rotatable bonds is 3. The van der Waals surface area contributed by atoms with E-state index in [4.69, 9.17) is 11.5 Å². The summed E-state index contributed by atoms with van der Waals surface area (Å²) in [7, 11) is 0. The van der Waals surface area contributed by atoms with Crippen molar-refractivity contribution in [2.45, 2.75) is 6.04 Å². The number of nitrogens with two attached hydrogens (primary N) is 2. The summed E-state index contributed by atoms with van der Waals surface area (Å²) in [6.07, 6.45) is 0. The lowest BCUT2D eigenvalue weighted by Crippen LogP contribution is -2.20. The summed E-state index contributed by atoms with van der Waals surface area (Å²) in [6, 6.07) is 3.00. The van der Waals surface area contributed by atoms with Crippen molar-refractivity contribution < 1.29 is 9.31 Å². The van der Waals surface area contributed by atoms with Gasteiger partial charge in [0.25, 0.3) is 0 Å². The molecule has 6 heteroatoms. The first-order valence-electron chi connectivity index (χ1n) is 3.95. The molecule has 1 atom stereocenters. The largest absolute Gasteiger partial charge is 0.329 e. The van der Waals surface area contributed by atoms with Crippen molar-refractivity contribution in [3.63, 3.8) is 0 Å². The highest BCUT2D eigenvalue weighted by Crippen LogP contribution is 2.21. The van der Waals surface area contributed by atoms with Crippen molar-refractivity contribution in [2.75, 3.05) is 6.54 Å². The molecular formula is C8H10FN3O2. The van der Waals surface area contributed by atoms with Gasteiger partial charge in [-0.2, -0.15) is 4.39 Å². The van der Waals surface area contributed by atoms with E-state index in [0.29, 0.717) is 5.56 Å². The summed E-state index contributed by atoms with van der Waals surface area (Å²) in [5, 5.41) is 10.4. The van der Waals surface area contributed by atoms with Crippen LogP contribution < -0.4 is 11.5 Å². The van der Waals surface area contributed by atoms with Crippen LogP contribution in [-0.2, 0) is 0 Å². The maximum absolute atomic E-state index is 12.9. The van der Waals surface area contributed by atoms with Gasteiger partial charge in [0.05, 0.1) is 4.92 Å². The van der Waals surface area contributed by atoms with Crippen molar-refractivity contribution in [3.05, 3.63) is 39.7 Å². The molecule has 1 aromatic rings. The van der Waals surface area contributed by atoms with E-state index in [0.717, 1.165) is 12.1 Å². The van der Waals surface area contributed by atoms with Crippen LogP contribution in [0.5, 0.6) is 0 Å². The molecule has 76 valence electrons. The van der Waals surface area contributed by atoms with Gasteiger partial charge in [-0.15, -0.1) is 0 Å². The van der Waals surface area contributed by atoms with Crippen molar-refractivity contribution >= 4 is 5.69 Å². The van der Waals surface area contributed by atoms with Crippen LogP contribution in [0.3, 0.4) is 0 Å². The molecule has 0 saturated carbocycles. The molecule has 0 bridgehead atoms. The molecular weight excluding hydrogens is 189 g/mol. The quantitative estimate of drug-likeness (QED) is 0.553. The van der Waals surface area contributed by atoms with Gasteiger partial charge in [0.15, 0.2) is 0 Å². The lowest BCUT2D eigenvalue weighted by atomic mass is 10.1. The van der Waals surface area contributed by atoms with E-state index in [1.165, 1.54) is 6.07 Å². The van der Waals surface area contributed by atoms with Gasteiger partial charge in [-0.05, 0) is 11.6 Å². The van der Waals surface area contributed by atoms with Crippen LogP contribution in [-0.4, -0.2) is 11.5 Å². The number of nitrogens with zero attached hydrogens (tertiary/aromatic N) is 1. The SMILES string of the molecule is NCC(N)c1ccc(F)c([N+](=O)[O-])c1. The summed E-state index contributed by atoms with van der Waals surface area (Å²) in [6.45, 7) is 0.156. The van der Waals surface area contributed by atoms with Crippen molar-refractivity contribution in [3.8, 4) is 0 Å². The summed E-state index contributed by atoms with van der Waals surface area (Å²) < 4.78 is 12.9. The molecule has 1 aromatic carbocycles. The predicted molar refractivity (Wildman–Crippen MR) is 49.0 cm³/mol. The first kappa shape index (κ1) is 10.6. The zero-order chi connectivity index (χ0) is 10.7. The second-order valence-corrected chi connectivity index (χ2v) is 2.81. The Hall–Kier alpha value is -1.53. The Morgan fingerprint density at radius 3 is 2.71 bits per heavy atom. The molecule has 0 saturated heterocycles. The fraction of sp³-hybridized carbons (Fsp3) is 0.250. The Balaban J connectivity index is 3.12. The maximum atomic E-state index is 12.9. The monoisotopic (exact) mass is 199 g/mol. The standard InChI is InChI=1S/C8H10FN3O2/c9-6-2-1-5(7(11)4-10)3-8(6)12(13)14/h1-3,7H,4,10-11H2. The molecule has 1 rings (SSSR count). The van der Waals surface area contributed by atoms with E-state index in [1.807, 2.05) is 0 Å². The van der Waals surface area contributed by atoms with E-state index >= 15 is 0 Å². The van der Waals surface area contributed by atoms with Crippen molar-refractivity contribution in [2.24, 2.45) is 11.5 Å². The lowest BCUT2D eigenvalue weighted by Gasteiger charge is -2.08. The fourth-order valence-corrected chi connectivity index (χ4v) is 1.04. The number of hydrogen-bond acceptors (Lipinski definition) is 4. The molecule has 4 N–H and O–H groups in total. The second-order valence-electron chi connectivity index (χ2n) is 2.81. The third-order valence-electron chi connectivity index (χ3n) is 1.85. The third-order valence-corrected chi connectivity index (χ3v) is 1.85. The van der Waals surface area contributed by atoms with Gasteiger partial charge in [-0.1, -0.05) is 6.07 Å². The van der Waals surface area contributed by atoms with Gasteiger partial charge in [0.2, 0.25) is 5.82 Å². The Kier molecular flexibility index (Phi) is 3.10. The summed E-state index contributed by atoms with van der Waals surface area (Å²) in [4.78, 5) is 9.59. The second kappa shape index (κ2) is 4.12. The molecule has 0 radical (unpaired) electrons. The van der Waals surface area contributed by atoms with Crippen LogP contribution in [0.15, 0.2) is 18.2 Å². The van der Waals surface area contributed by atoms with Gasteiger partial charge in [-0.25, -0.2) is 0 Å². The number of benzene rings is 1. The minimum absolute atomic E-state index is 0.156. The third kappa shape index (κ3) is 2.04. The minimum Gasteiger partial charge on any atom is -0.329 e. The average Bonchev–Trinajstić information content (AvgIpc) is 2.17. The highest BCUT2D eigenvalue weighted by Gasteiger charge is 2.16. The van der Waals surface area contributed by atoms with Crippen LogP contribution in [0.1, 0.15) is 11.6 Å². The van der Waals surface area contributed by atoms with Crippen molar-refractivity contribution in [1.29, 1.82) is 0 Å². The highest BCUT2D eigenvalue weighted by molar-refractivity contribution is 5.37. The number of nitro groups is 1. The molecule has 5 nitrogen and oxygen atoms in total. The normalized spacial score (nSPS) is 12.5. The lowest BCUT2D eigenvalue weighted by molar-refractivity contribution is -0.387. The van der Waals surface area contributed by atoms with Crippen molar-refractivity contribution in [1.82, 2.24) is 0 Å². The van der Waals surface area contributed by atoms with E-state index in [1.54, 1.807) is 0 Å². The smallest absolute Gasteiger partial charge is 0.305 e. The topological polar surface area (TPSA) is 95.2 Å². The first-order valence-corrected chi connectivity index (χ1v) is 3.95. The fourth-order valence-electron chi connectivity index (χ4n) is 1.04. The Morgan fingerprint density at radius 2 is 2.21 bits per heavy atom. The molecule has 1 unspecified atom stereocenters. The van der Waals surface area contributed by atoms with Crippen LogP contribution >= 0.6 is 0 Å². The molecule has 0 spiro atoms. The molecule has 0 aliphatic heterocycles. The number of halogens is 1. The highest BCUT2D eigenvalue weighted by atomic mass is 19.1. The molecule has 0 fully saturated rings. The molecule has 0 heterocycles. The molecule has 14 heavy (non-hydrogen) atoms. The van der Waals surface area contributed by atoms with Crippen LogP contribution in [0, 0.1) is 15.9 Å². The minimum atomic E-state index is -0.872. The Morgan fingerprint density at radius 1 is 1.57 bits per heavy atom. The van der Waals surface area contributed by atoms with Gasteiger partial charge < -0.3 is 11.5 Å². The first-order chi connectivity index (χ1) is 6.56.